The third-order valence-corrected chi connectivity index (χ3v) is 3.38. The van der Waals surface area contributed by atoms with E-state index >= 15 is 0 Å². The monoisotopic (exact) mass is 328 g/mol. The maximum absolute atomic E-state index is 10.8. The van der Waals surface area contributed by atoms with E-state index in [4.69, 9.17) is 10.5 Å². The summed E-state index contributed by atoms with van der Waals surface area (Å²) < 4.78 is 11.0. The van der Waals surface area contributed by atoms with Gasteiger partial charge in [-0.2, -0.15) is 0 Å². The van der Waals surface area contributed by atoms with Gasteiger partial charge >= 0.3 is 5.97 Å². The Kier molecular flexibility index (Phi) is 5.80. The molecule has 1 aliphatic heterocycles. The first kappa shape index (κ1) is 13.1. The standard InChI is InChI=1S/C9H17IN2O3/c1-14-9(13)2-3-15-8-5-12(6-10)4-7(8)11/h7-8H,2-6,11H2,1H3. The van der Waals surface area contributed by atoms with Crippen molar-refractivity contribution in [3.05, 3.63) is 0 Å². The Labute approximate surface area is 103 Å². The molecule has 2 N–H and O–H groups in total. The molecule has 0 saturated carbocycles. The molecule has 0 radical (unpaired) electrons. The molecule has 6 heteroatoms. The zero-order chi connectivity index (χ0) is 11.3. The lowest BCUT2D eigenvalue weighted by Crippen LogP contribution is -2.35. The average molecular weight is 328 g/mol. The predicted octanol–water partition coefficient (Wildman–Crippen LogP) is -0.0299. The Morgan fingerprint density at radius 3 is 2.87 bits per heavy atom. The van der Waals surface area contributed by atoms with Crippen LogP contribution in [-0.2, 0) is 14.3 Å². The summed E-state index contributed by atoms with van der Waals surface area (Å²) in [7, 11) is 1.38. The topological polar surface area (TPSA) is 64.8 Å². The highest BCUT2D eigenvalue weighted by Gasteiger charge is 2.29. The number of methoxy groups -OCH3 is 1. The van der Waals surface area contributed by atoms with Crippen molar-refractivity contribution < 1.29 is 14.3 Å². The van der Waals surface area contributed by atoms with Crippen molar-refractivity contribution in [1.29, 1.82) is 0 Å². The number of esters is 1. The number of rotatable bonds is 5. The summed E-state index contributed by atoms with van der Waals surface area (Å²) in [6.45, 7) is 2.11. The molecule has 0 spiro atoms. The van der Waals surface area contributed by atoms with E-state index in [2.05, 4.69) is 32.2 Å². The smallest absolute Gasteiger partial charge is 0.307 e. The molecule has 88 valence electrons. The fourth-order valence-corrected chi connectivity index (χ4v) is 2.11. The van der Waals surface area contributed by atoms with Crippen molar-refractivity contribution in [1.82, 2.24) is 4.90 Å². The second kappa shape index (κ2) is 6.62. The fraction of sp³-hybridized carbons (Fsp3) is 0.889. The summed E-state index contributed by atoms with van der Waals surface area (Å²) in [6.07, 6.45) is 0.341. The predicted molar refractivity (Wildman–Crippen MR) is 64.8 cm³/mol. The fourth-order valence-electron chi connectivity index (χ4n) is 1.55. The molecule has 1 rings (SSSR count). The van der Waals surface area contributed by atoms with Crippen LogP contribution in [0.1, 0.15) is 6.42 Å². The number of alkyl halides is 1. The van der Waals surface area contributed by atoms with Gasteiger partial charge in [0, 0.05) is 19.1 Å². The maximum atomic E-state index is 10.8. The van der Waals surface area contributed by atoms with E-state index in [9.17, 15) is 4.79 Å². The molecule has 1 aliphatic rings. The molecule has 1 fully saturated rings. The van der Waals surface area contributed by atoms with Gasteiger partial charge in [0.2, 0.25) is 0 Å². The van der Waals surface area contributed by atoms with Crippen LogP contribution in [0.5, 0.6) is 0 Å². The number of hydrogen-bond donors (Lipinski definition) is 1. The first-order valence-corrected chi connectivity index (χ1v) is 6.42. The Morgan fingerprint density at radius 2 is 2.33 bits per heavy atom. The zero-order valence-electron chi connectivity index (χ0n) is 8.82. The maximum Gasteiger partial charge on any atom is 0.307 e. The van der Waals surface area contributed by atoms with Crippen LogP contribution in [-0.4, -0.2) is 54.4 Å². The van der Waals surface area contributed by atoms with E-state index in [1.807, 2.05) is 0 Å². The van der Waals surface area contributed by atoms with Gasteiger partial charge in [-0.15, -0.1) is 0 Å². The minimum absolute atomic E-state index is 0.0458. The van der Waals surface area contributed by atoms with E-state index in [-0.39, 0.29) is 18.1 Å². The van der Waals surface area contributed by atoms with E-state index in [0.29, 0.717) is 13.0 Å². The minimum Gasteiger partial charge on any atom is -0.469 e. The summed E-state index contributed by atoms with van der Waals surface area (Å²) in [4.78, 5) is 13.1. The van der Waals surface area contributed by atoms with Crippen molar-refractivity contribution in [2.45, 2.75) is 18.6 Å². The number of ether oxygens (including phenoxy) is 2. The van der Waals surface area contributed by atoms with E-state index < -0.39 is 0 Å². The van der Waals surface area contributed by atoms with Crippen LogP contribution in [0.4, 0.5) is 0 Å². The van der Waals surface area contributed by atoms with Crippen LogP contribution in [0.3, 0.4) is 0 Å². The zero-order valence-corrected chi connectivity index (χ0v) is 11.0. The quantitative estimate of drug-likeness (QED) is 0.332. The molecule has 1 heterocycles. The van der Waals surface area contributed by atoms with Gasteiger partial charge in [-0.3, -0.25) is 9.69 Å². The van der Waals surface area contributed by atoms with E-state index in [1.165, 1.54) is 7.11 Å². The molecule has 15 heavy (non-hydrogen) atoms. The highest BCUT2D eigenvalue weighted by Crippen LogP contribution is 2.13. The Morgan fingerprint density at radius 1 is 1.60 bits per heavy atom. The summed E-state index contributed by atoms with van der Waals surface area (Å²) in [5, 5.41) is 0. The molecular formula is C9H17IN2O3. The van der Waals surface area contributed by atoms with Crippen molar-refractivity contribution in [3.8, 4) is 0 Å². The van der Waals surface area contributed by atoms with E-state index in [0.717, 1.165) is 17.6 Å². The molecule has 2 unspecified atom stereocenters. The summed E-state index contributed by atoms with van der Waals surface area (Å²) in [5.41, 5.74) is 5.91. The van der Waals surface area contributed by atoms with Crippen LogP contribution in [0, 0.1) is 0 Å². The lowest BCUT2D eigenvalue weighted by molar-refractivity contribution is -0.142. The third-order valence-electron chi connectivity index (χ3n) is 2.42. The number of halogens is 1. The first-order chi connectivity index (χ1) is 7.17. The largest absolute Gasteiger partial charge is 0.469 e. The van der Waals surface area contributed by atoms with Gasteiger partial charge in [-0.25, -0.2) is 0 Å². The van der Waals surface area contributed by atoms with Gasteiger partial charge in [0.15, 0.2) is 0 Å². The van der Waals surface area contributed by atoms with E-state index in [1.54, 1.807) is 0 Å². The molecule has 2 atom stereocenters. The van der Waals surface area contributed by atoms with Crippen LogP contribution in [0.25, 0.3) is 0 Å². The molecule has 0 amide bonds. The average Bonchev–Trinajstić information content (AvgIpc) is 2.59. The molecular weight excluding hydrogens is 311 g/mol. The second-order valence-corrected chi connectivity index (χ2v) is 4.24. The minimum atomic E-state index is -0.243. The normalized spacial score (nSPS) is 26.9. The number of hydrogen-bond acceptors (Lipinski definition) is 5. The van der Waals surface area contributed by atoms with Gasteiger partial charge < -0.3 is 15.2 Å². The second-order valence-electron chi connectivity index (χ2n) is 3.55. The molecule has 5 nitrogen and oxygen atoms in total. The lowest BCUT2D eigenvalue weighted by atomic mass is 10.2. The molecule has 0 aromatic rings. The van der Waals surface area contributed by atoms with Crippen LogP contribution < -0.4 is 5.73 Å². The number of carbonyl (C=O) groups is 1. The Bertz CT molecular complexity index is 216. The number of nitrogens with two attached hydrogens (primary N) is 1. The summed E-state index contributed by atoms with van der Waals surface area (Å²) in [5.74, 6) is -0.243. The van der Waals surface area contributed by atoms with Crippen molar-refractivity contribution >= 4 is 28.6 Å². The SMILES string of the molecule is COC(=O)CCOC1CN(CI)CC1N. The molecule has 0 aromatic heterocycles. The molecule has 0 aromatic carbocycles. The number of carbonyl (C=O) groups excluding carboxylic acids is 1. The highest BCUT2D eigenvalue weighted by atomic mass is 127. The summed E-state index contributed by atoms with van der Waals surface area (Å²) >= 11 is 2.30. The van der Waals surface area contributed by atoms with Crippen LogP contribution in [0.2, 0.25) is 0 Å². The van der Waals surface area contributed by atoms with Crippen molar-refractivity contribution in [3.63, 3.8) is 0 Å². The van der Waals surface area contributed by atoms with Crippen molar-refractivity contribution in [2.24, 2.45) is 5.73 Å². The van der Waals surface area contributed by atoms with Crippen LogP contribution in [0.15, 0.2) is 0 Å². The third kappa shape index (κ3) is 4.21. The van der Waals surface area contributed by atoms with Gasteiger partial charge in [-0.05, 0) is 0 Å². The van der Waals surface area contributed by atoms with Gasteiger partial charge in [0.1, 0.15) is 0 Å². The highest BCUT2D eigenvalue weighted by molar-refractivity contribution is 14.1. The lowest BCUT2D eigenvalue weighted by Gasteiger charge is -2.14. The number of nitrogens with zero attached hydrogens (tertiary/aromatic N) is 1. The van der Waals surface area contributed by atoms with Crippen molar-refractivity contribution in [2.75, 3.05) is 31.4 Å². The Hall–Kier alpha value is 0.0800. The Balaban J connectivity index is 2.19. The number of likely N-dealkylation sites (tertiary alicyclic amines) is 1. The molecule has 1 saturated heterocycles. The van der Waals surface area contributed by atoms with Gasteiger partial charge in [0.25, 0.3) is 0 Å². The molecule has 0 aliphatic carbocycles. The van der Waals surface area contributed by atoms with Gasteiger partial charge in [0.05, 0.1) is 30.8 Å². The first-order valence-electron chi connectivity index (χ1n) is 4.89. The summed E-state index contributed by atoms with van der Waals surface area (Å²) in [6, 6.07) is 0.0532. The molecule has 0 bridgehead atoms. The van der Waals surface area contributed by atoms with Crippen LogP contribution >= 0.6 is 22.6 Å². The van der Waals surface area contributed by atoms with Gasteiger partial charge in [-0.1, -0.05) is 22.6 Å².